The normalized spacial score (nSPS) is 14.7. The van der Waals surface area contributed by atoms with Crippen molar-refractivity contribution in [3.05, 3.63) is 111 Å². The third-order valence-corrected chi connectivity index (χ3v) is 6.32. The van der Waals surface area contributed by atoms with Crippen molar-refractivity contribution >= 4 is 35.1 Å². The molecule has 10 heteroatoms. The van der Waals surface area contributed by atoms with Crippen LogP contribution in [0.5, 0.6) is 5.75 Å². The van der Waals surface area contributed by atoms with E-state index in [0.29, 0.717) is 33.0 Å². The first-order valence-electron chi connectivity index (χ1n) is 11.1. The minimum absolute atomic E-state index is 0.149. The van der Waals surface area contributed by atoms with Gasteiger partial charge in [-0.2, -0.15) is 4.68 Å². The van der Waals surface area contributed by atoms with Crippen LogP contribution in [0.25, 0.3) is 0 Å². The largest absolute Gasteiger partial charge is 0.489 e. The summed E-state index contributed by atoms with van der Waals surface area (Å²) in [5, 5.41) is 16.1. The summed E-state index contributed by atoms with van der Waals surface area (Å²) in [4.78, 5) is 13.3. The van der Waals surface area contributed by atoms with E-state index in [9.17, 15) is 4.79 Å². The van der Waals surface area contributed by atoms with E-state index in [-0.39, 0.29) is 13.2 Å². The third-order valence-electron chi connectivity index (χ3n) is 5.73. The third kappa shape index (κ3) is 5.05. The lowest BCUT2D eigenvalue weighted by molar-refractivity contribution is -0.140. The fraction of sp³-hybridized carbons (Fsp3) is 0.154. The van der Waals surface area contributed by atoms with Crippen LogP contribution < -0.4 is 10.1 Å². The standard InChI is InChI=1S/C26H21Cl2N5O3/c1-16-23(25(34)36-14-17-6-3-2-4-7-17)24(33-26(29-16)30-31-32-33)18-8-5-9-21(12-18)35-15-19-10-11-20(27)13-22(19)28/h2-13,24H,14-15H2,1H3,(H,29,30,32). The smallest absolute Gasteiger partial charge is 0.338 e. The summed E-state index contributed by atoms with van der Waals surface area (Å²) < 4.78 is 13.2. The molecule has 3 aromatic carbocycles. The molecule has 36 heavy (non-hydrogen) atoms. The summed E-state index contributed by atoms with van der Waals surface area (Å²) in [6.45, 7) is 2.20. The molecule has 8 nitrogen and oxygen atoms in total. The van der Waals surface area contributed by atoms with Crippen molar-refractivity contribution in [3.8, 4) is 5.75 Å². The second kappa shape index (κ2) is 10.4. The number of fused-ring (bicyclic) bond motifs is 1. The Labute approximate surface area is 217 Å². The molecule has 0 bridgehead atoms. The lowest BCUT2D eigenvalue weighted by atomic mass is 9.95. The van der Waals surface area contributed by atoms with Crippen LogP contribution in [0, 0.1) is 0 Å². The van der Waals surface area contributed by atoms with Gasteiger partial charge in [-0.25, -0.2) is 4.79 Å². The van der Waals surface area contributed by atoms with Gasteiger partial charge in [0.15, 0.2) is 0 Å². The molecule has 182 valence electrons. The quantitative estimate of drug-likeness (QED) is 0.317. The molecule has 1 aliphatic rings. The second-order valence-electron chi connectivity index (χ2n) is 8.17. The molecule has 0 radical (unpaired) electrons. The van der Waals surface area contributed by atoms with Gasteiger partial charge in [-0.15, -0.1) is 0 Å². The van der Waals surface area contributed by atoms with Gasteiger partial charge in [0, 0.05) is 21.3 Å². The summed E-state index contributed by atoms with van der Waals surface area (Å²) in [5.74, 6) is 0.562. The summed E-state index contributed by atoms with van der Waals surface area (Å²) in [5.41, 5.74) is 3.47. The molecule has 0 amide bonds. The molecule has 2 heterocycles. The number of halogens is 2. The van der Waals surface area contributed by atoms with Gasteiger partial charge in [0.2, 0.25) is 5.95 Å². The Balaban J connectivity index is 1.42. The first kappa shape index (κ1) is 23.8. The zero-order chi connectivity index (χ0) is 25.1. The summed E-state index contributed by atoms with van der Waals surface area (Å²) in [6.07, 6.45) is 0. The van der Waals surface area contributed by atoms with Crippen molar-refractivity contribution in [2.75, 3.05) is 5.32 Å². The Morgan fingerprint density at radius 2 is 1.86 bits per heavy atom. The Kier molecular flexibility index (Phi) is 6.88. The second-order valence-corrected chi connectivity index (χ2v) is 9.02. The number of rotatable bonds is 7. The van der Waals surface area contributed by atoms with E-state index < -0.39 is 12.0 Å². The number of hydrogen-bond donors (Lipinski definition) is 1. The zero-order valence-corrected chi connectivity index (χ0v) is 20.7. The van der Waals surface area contributed by atoms with Crippen LogP contribution in [0.1, 0.15) is 29.7 Å². The molecule has 1 atom stereocenters. The number of anilines is 1. The number of esters is 1. The van der Waals surface area contributed by atoms with E-state index in [4.69, 9.17) is 32.7 Å². The van der Waals surface area contributed by atoms with E-state index in [1.807, 2.05) is 60.7 Å². The molecule has 0 fully saturated rings. The van der Waals surface area contributed by atoms with Crippen LogP contribution in [0.3, 0.4) is 0 Å². The molecule has 1 N–H and O–H groups in total. The van der Waals surface area contributed by atoms with Crippen LogP contribution in [0.15, 0.2) is 84.1 Å². The average Bonchev–Trinajstić information content (AvgIpc) is 3.35. The predicted molar refractivity (Wildman–Crippen MR) is 136 cm³/mol. The fourth-order valence-corrected chi connectivity index (χ4v) is 4.42. The van der Waals surface area contributed by atoms with Gasteiger partial charge in [0.1, 0.15) is 25.0 Å². The SMILES string of the molecule is CC1=C(C(=O)OCc2ccccc2)C(c2cccc(OCc3ccc(Cl)cc3Cl)c2)n2nnnc2N1. The van der Waals surface area contributed by atoms with E-state index in [1.54, 1.807) is 23.7 Å². The Morgan fingerprint density at radius 1 is 1.03 bits per heavy atom. The fourth-order valence-electron chi connectivity index (χ4n) is 3.96. The van der Waals surface area contributed by atoms with E-state index >= 15 is 0 Å². The summed E-state index contributed by atoms with van der Waals surface area (Å²) >= 11 is 12.3. The molecule has 0 spiro atoms. The van der Waals surface area contributed by atoms with Crippen molar-refractivity contribution < 1.29 is 14.3 Å². The molecule has 0 saturated carbocycles. The lowest BCUT2D eigenvalue weighted by Crippen LogP contribution is -2.29. The van der Waals surface area contributed by atoms with Crippen LogP contribution >= 0.6 is 23.2 Å². The Hall–Kier alpha value is -3.88. The molecular weight excluding hydrogens is 501 g/mol. The predicted octanol–water partition coefficient (Wildman–Crippen LogP) is 5.59. The highest BCUT2D eigenvalue weighted by molar-refractivity contribution is 6.35. The topological polar surface area (TPSA) is 91.2 Å². The highest BCUT2D eigenvalue weighted by Gasteiger charge is 2.35. The molecule has 4 aromatic rings. The number of carbonyl (C=O) groups is 1. The van der Waals surface area contributed by atoms with Gasteiger partial charge in [0.05, 0.1) is 5.57 Å². The van der Waals surface area contributed by atoms with Gasteiger partial charge in [0.25, 0.3) is 0 Å². The maximum absolute atomic E-state index is 13.3. The molecule has 0 saturated heterocycles. The van der Waals surface area contributed by atoms with Crippen molar-refractivity contribution in [1.29, 1.82) is 0 Å². The van der Waals surface area contributed by atoms with Crippen molar-refractivity contribution in [2.24, 2.45) is 0 Å². The van der Waals surface area contributed by atoms with Gasteiger partial charge in [-0.05, 0) is 52.7 Å². The molecule has 1 aromatic heterocycles. The minimum Gasteiger partial charge on any atom is -0.489 e. The van der Waals surface area contributed by atoms with Gasteiger partial charge >= 0.3 is 5.97 Å². The van der Waals surface area contributed by atoms with E-state index in [0.717, 1.165) is 16.7 Å². The average molecular weight is 522 g/mol. The number of hydrogen-bond acceptors (Lipinski definition) is 7. The highest BCUT2D eigenvalue weighted by atomic mass is 35.5. The summed E-state index contributed by atoms with van der Waals surface area (Å²) in [6, 6.07) is 21.6. The number of tetrazole rings is 1. The molecule has 1 unspecified atom stereocenters. The first-order chi connectivity index (χ1) is 17.5. The van der Waals surface area contributed by atoms with Gasteiger partial charge in [-0.1, -0.05) is 76.8 Å². The maximum atomic E-state index is 13.3. The van der Waals surface area contributed by atoms with Crippen molar-refractivity contribution in [3.63, 3.8) is 0 Å². The molecule has 0 aliphatic carbocycles. The monoisotopic (exact) mass is 521 g/mol. The maximum Gasteiger partial charge on any atom is 0.338 e. The number of carbonyl (C=O) groups excluding carboxylic acids is 1. The number of nitrogens with zero attached hydrogens (tertiary/aromatic N) is 4. The Morgan fingerprint density at radius 3 is 2.67 bits per heavy atom. The van der Waals surface area contributed by atoms with E-state index in [2.05, 4.69) is 20.8 Å². The Bertz CT molecular complexity index is 1440. The minimum atomic E-state index is -0.609. The van der Waals surface area contributed by atoms with E-state index in [1.165, 1.54) is 0 Å². The first-order valence-corrected chi connectivity index (χ1v) is 11.9. The number of allylic oxidation sites excluding steroid dienone is 1. The van der Waals surface area contributed by atoms with Crippen molar-refractivity contribution in [1.82, 2.24) is 20.2 Å². The number of aromatic nitrogens is 4. The lowest BCUT2D eigenvalue weighted by Gasteiger charge is -2.27. The van der Waals surface area contributed by atoms with Gasteiger partial charge < -0.3 is 14.8 Å². The van der Waals surface area contributed by atoms with Crippen LogP contribution in [0.2, 0.25) is 10.0 Å². The van der Waals surface area contributed by atoms with Crippen LogP contribution in [-0.2, 0) is 22.7 Å². The molecule has 1 aliphatic heterocycles. The van der Waals surface area contributed by atoms with Crippen LogP contribution in [-0.4, -0.2) is 26.2 Å². The van der Waals surface area contributed by atoms with Gasteiger partial charge in [-0.3, -0.25) is 0 Å². The zero-order valence-electron chi connectivity index (χ0n) is 19.2. The molecule has 5 rings (SSSR count). The number of nitrogens with one attached hydrogen (secondary N) is 1. The summed E-state index contributed by atoms with van der Waals surface area (Å²) in [7, 11) is 0. The van der Waals surface area contributed by atoms with Crippen LogP contribution in [0.4, 0.5) is 5.95 Å². The van der Waals surface area contributed by atoms with Crippen molar-refractivity contribution in [2.45, 2.75) is 26.2 Å². The highest BCUT2D eigenvalue weighted by Crippen LogP contribution is 2.36. The number of ether oxygens (including phenoxy) is 2. The number of benzene rings is 3. The molecular formula is C26H21Cl2N5O3.